The van der Waals surface area contributed by atoms with E-state index in [2.05, 4.69) is 11.9 Å². The zero-order chi connectivity index (χ0) is 12.1. The smallest absolute Gasteiger partial charge is 0.0701 e. The van der Waals surface area contributed by atoms with Crippen LogP contribution in [0.1, 0.15) is 51.4 Å². The van der Waals surface area contributed by atoms with Gasteiger partial charge in [-0.15, -0.1) is 0 Å². The molecule has 3 heteroatoms. The maximum Gasteiger partial charge on any atom is 0.0701 e. The van der Waals surface area contributed by atoms with E-state index in [9.17, 15) is 0 Å². The minimum absolute atomic E-state index is 0.141. The summed E-state index contributed by atoms with van der Waals surface area (Å²) in [5, 5.41) is 0. The first-order chi connectivity index (χ1) is 8.18. The van der Waals surface area contributed by atoms with Crippen molar-refractivity contribution in [3.8, 4) is 0 Å². The number of likely N-dealkylation sites (N-methyl/N-ethyl adjacent to an activating group) is 1. The SMILES string of the molecule is CN(CCC1(N)CCCC1)CC1CCCCO1. The van der Waals surface area contributed by atoms with Crippen LogP contribution in [-0.4, -0.2) is 43.3 Å². The lowest BCUT2D eigenvalue weighted by Gasteiger charge is -2.30. The van der Waals surface area contributed by atoms with E-state index in [1.165, 1.54) is 44.9 Å². The molecule has 2 fully saturated rings. The van der Waals surface area contributed by atoms with Gasteiger partial charge in [0.1, 0.15) is 0 Å². The van der Waals surface area contributed by atoms with Crippen molar-refractivity contribution in [2.45, 2.75) is 63.0 Å². The van der Waals surface area contributed by atoms with E-state index in [0.717, 1.165) is 26.1 Å². The van der Waals surface area contributed by atoms with Crippen LogP contribution in [0.4, 0.5) is 0 Å². The molecule has 2 rings (SSSR count). The zero-order valence-corrected chi connectivity index (χ0v) is 11.3. The Labute approximate surface area is 106 Å². The highest BCUT2D eigenvalue weighted by atomic mass is 16.5. The van der Waals surface area contributed by atoms with Crippen molar-refractivity contribution < 1.29 is 4.74 Å². The summed E-state index contributed by atoms with van der Waals surface area (Å²) in [6, 6.07) is 0. The van der Waals surface area contributed by atoms with Gasteiger partial charge in [0.25, 0.3) is 0 Å². The van der Waals surface area contributed by atoms with E-state index in [1.807, 2.05) is 0 Å². The van der Waals surface area contributed by atoms with Crippen molar-refractivity contribution in [3.05, 3.63) is 0 Å². The first-order valence-corrected chi connectivity index (χ1v) is 7.27. The molecule has 0 aromatic rings. The molecule has 1 aliphatic carbocycles. The molecular formula is C14H28N2O. The Hall–Kier alpha value is -0.120. The van der Waals surface area contributed by atoms with E-state index < -0.39 is 0 Å². The summed E-state index contributed by atoms with van der Waals surface area (Å²) < 4.78 is 5.77. The Morgan fingerprint density at radius 3 is 2.65 bits per heavy atom. The van der Waals surface area contributed by atoms with Crippen molar-refractivity contribution in [1.82, 2.24) is 4.90 Å². The van der Waals surface area contributed by atoms with Crippen LogP contribution in [0, 0.1) is 0 Å². The second kappa shape index (κ2) is 6.17. The fourth-order valence-corrected chi connectivity index (χ4v) is 3.13. The largest absolute Gasteiger partial charge is 0.377 e. The molecule has 1 heterocycles. The maximum atomic E-state index is 6.38. The predicted octanol–water partition coefficient (Wildman–Crippen LogP) is 2.15. The Morgan fingerprint density at radius 1 is 1.24 bits per heavy atom. The summed E-state index contributed by atoms with van der Waals surface area (Å²) in [4.78, 5) is 2.41. The van der Waals surface area contributed by atoms with Crippen molar-refractivity contribution in [2.24, 2.45) is 5.73 Å². The van der Waals surface area contributed by atoms with E-state index in [0.29, 0.717) is 6.10 Å². The molecule has 0 radical (unpaired) electrons. The molecule has 1 aliphatic heterocycles. The van der Waals surface area contributed by atoms with Gasteiger partial charge in [-0.2, -0.15) is 0 Å². The van der Waals surface area contributed by atoms with Gasteiger partial charge in [-0.25, -0.2) is 0 Å². The van der Waals surface area contributed by atoms with E-state index in [1.54, 1.807) is 0 Å². The highest BCUT2D eigenvalue weighted by Crippen LogP contribution is 2.30. The third kappa shape index (κ3) is 4.23. The van der Waals surface area contributed by atoms with Crippen molar-refractivity contribution in [1.29, 1.82) is 0 Å². The second-order valence-electron chi connectivity index (χ2n) is 6.07. The van der Waals surface area contributed by atoms with E-state index in [-0.39, 0.29) is 5.54 Å². The van der Waals surface area contributed by atoms with Gasteiger partial charge < -0.3 is 15.4 Å². The van der Waals surface area contributed by atoms with E-state index >= 15 is 0 Å². The number of hydrogen-bond donors (Lipinski definition) is 1. The fraction of sp³-hybridized carbons (Fsp3) is 1.00. The van der Waals surface area contributed by atoms with Gasteiger partial charge in [0, 0.05) is 18.7 Å². The third-order valence-electron chi connectivity index (χ3n) is 4.38. The van der Waals surface area contributed by atoms with Gasteiger partial charge in [-0.05, 0) is 52.1 Å². The van der Waals surface area contributed by atoms with Crippen molar-refractivity contribution >= 4 is 0 Å². The zero-order valence-electron chi connectivity index (χ0n) is 11.3. The topological polar surface area (TPSA) is 38.5 Å². The lowest BCUT2D eigenvalue weighted by Crippen LogP contribution is -2.41. The summed E-state index contributed by atoms with van der Waals surface area (Å²) >= 11 is 0. The highest BCUT2D eigenvalue weighted by Gasteiger charge is 2.29. The maximum absolute atomic E-state index is 6.38. The predicted molar refractivity (Wildman–Crippen MR) is 71.1 cm³/mol. The van der Waals surface area contributed by atoms with Crippen LogP contribution in [0.3, 0.4) is 0 Å². The lowest BCUT2D eigenvalue weighted by atomic mass is 9.94. The molecule has 0 spiro atoms. The van der Waals surface area contributed by atoms with Crippen LogP contribution in [-0.2, 0) is 4.74 Å². The summed E-state index contributed by atoms with van der Waals surface area (Å²) in [5.74, 6) is 0. The summed E-state index contributed by atoms with van der Waals surface area (Å²) in [7, 11) is 2.20. The molecule has 3 nitrogen and oxygen atoms in total. The molecule has 1 atom stereocenters. The first kappa shape index (κ1) is 13.3. The standard InChI is InChI=1S/C14H28N2O/c1-16(12-13-6-2-5-11-17-13)10-9-14(15)7-3-4-8-14/h13H,2-12,15H2,1H3. The number of hydrogen-bond acceptors (Lipinski definition) is 3. The number of ether oxygens (including phenoxy) is 1. The quantitative estimate of drug-likeness (QED) is 0.800. The fourth-order valence-electron chi connectivity index (χ4n) is 3.13. The van der Waals surface area contributed by atoms with E-state index in [4.69, 9.17) is 10.5 Å². The molecule has 1 saturated carbocycles. The minimum Gasteiger partial charge on any atom is -0.377 e. The first-order valence-electron chi connectivity index (χ1n) is 7.27. The number of nitrogens with zero attached hydrogens (tertiary/aromatic N) is 1. The molecule has 1 saturated heterocycles. The third-order valence-corrected chi connectivity index (χ3v) is 4.38. The van der Waals surface area contributed by atoms with Gasteiger partial charge >= 0.3 is 0 Å². The summed E-state index contributed by atoms with van der Waals surface area (Å²) in [6.45, 7) is 3.16. The van der Waals surface area contributed by atoms with Crippen molar-refractivity contribution in [3.63, 3.8) is 0 Å². The minimum atomic E-state index is 0.141. The average molecular weight is 240 g/mol. The molecule has 100 valence electrons. The van der Waals surface area contributed by atoms with Gasteiger partial charge in [-0.1, -0.05) is 12.8 Å². The molecule has 2 N–H and O–H groups in total. The molecule has 1 unspecified atom stereocenters. The normalized spacial score (nSPS) is 28.8. The van der Waals surface area contributed by atoms with Gasteiger partial charge in [0.2, 0.25) is 0 Å². The van der Waals surface area contributed by atoms with Crippen LogP contribution in [0.2, 0.25) is 0 Å². The van der Waals surface area contributed by atoms with Crippen LogP contribution < -0.4 is 5.73 Å². The monoisotopic (exact) mass is 240 g/mol. The Kier molecular flexibility index (Phi) is 4.83. The lowest BCUT2D eigenvalue weighted by molar-refractivity contribution is -0.00227. The molecule has 0 bridgehead atoms. The van der Waals surface area contributed by atoms with Crippen LogP contribution in [0.5, 0.6) is 0 Å². The number of nitrogens with two attached hydrogens (primary N) is 1. The molecule has 2 aliphatic rings. The molecule has 0 aromatic heterocycles. The highest BCUT2D eigenvalue weighted by molar-refractivity contribution is 4.89. The van der Waals surface area contributed by atoms with Crippen LogP contribution in [0.25, 0.3) is 0 Å². The molecule has 0 amide bonds. The summed E-state index contributed by atoms with van der Waals surface area (Å²) in [5.41, 5.74) is 6.52. The van der Waals surface area contributed by atoms with Gasteiger partial charge in [-0.3, -0.25) is 0 Å². The van der Waals surface area contributed by atoms with Gasteiger partial charge in [0.05, 0.1) is 6.10 Å². The van der Waals surface area contributed by atoms with Gasteiger partial charge in [0.15, 0.2) is 0 Å². The Balaban J connectivity index is 1.64. The summed E-state index contributed by atoms with van der Waals surface area (Å²) in [6.07, 6.45) is 10.5. The van der Waals surface area contributed by atoms with Crippen molar-refractivity contribution in [2.75, 3.05) is 26.7 Å². The van der Waals surface area contributed by atoms with Crippen LogP contribution >= 0.6 is 0 Å². The Morgan fingerprint density at radius 2 is 2.00 bits per heavy atom. The molecule has 0 aromatic carbocycles. The second-order valence-corrected chi connectivity index (χ2v) is 6.07. The average Bonchev–Trinajstić information content (AvgIpc) is 2.76. The van der Waals surface area contributed by atoms with Crippen LogP contribution in [0.15, 0.2) is 0 Å². The Bertz CT molecular complexity index is 220. The number of rotatable bonds is 5. The molecule has 17 heavy (non-hydrogen) atoms. The molecular weight excluding hydrogens is 212 g/mol.